The number of nitrogens with zero attached hydrogens (tertiary/aromatic N) is 1. The second-order valence-corrected chi connectivity index (χ2v) is 8.90. The van der Waals surface area contributed by atoms with E-state index in [1.807, 2.05) is 0 Å². The summed E-state index contributed by atoms with van der Waals surface area (Å²) in [7, 11) is 0. The van der Waals surface area contributed by atoms with Gasteiger partial charge >= 0.3 is 6.18 Å². The largest absolute Gasteiger partial charge is 0.416 e. The van der Waals surface area contributed by atoms with Crippen molar-refractivity contribution in [1.82, 2.24) is 0 Å². The number of benzene rings is 2. The van der Waals surface area contributed by atoms with Gasteiger partial charge in [-0.2, -0.15) is 13.2 Å². The molecule has 2 aromatic rings. The fraction of sp³-hybridized carbons (Fsp3) is 0.333. The normalized spacial score (nSPS) is 17.3. The van der Waals surface area contributed by atoms with Crippen LogP contribution in [0.2, 0.25) is 0 Å². The van der Waals surface area contributed by atoms with Crippen LogP contribution in [-0.4, -0.2) is 23.4 Å². The van der Waals surface area contributed by atoms with E-state index < -0.39 is 17.2 Å². The molecule has 160 valence electrons. The summed E-state index contributed by atoms with van der Waals surface area (Å²) in [6, 6.07) is 11.6. The van der Waals surface area contributed by atoms with Crippen LogP contribution in [0.1, 0.15) is 30.3 Å². The molecule has 3 rings (SSSR count). The maximum atomic E-state index is 12.8. The van der Waals surface area contributed by atoms with Crippen LogP contribution in [0.25, 0.3) is 0 Å². The van der Waals surface area contributed by atoms with Gasteiger partial charge in [0.15, 0.2) is 0 Å². The lowest BCUT2D eigenvalue weighted by atomic mass is 9.95. The highest BCUT2D eigenvalue weighted by molar-refractivity contribution is 8.00. The van der Waals surface area contributed by atoms with Crippen molar-refractivity contribution in [2.24, 2.45) is 5.41 Å². The van der Waals surface area contributed by atoms with E-state index in [0.29, 0.717) is 11.4 Å². The minimum absolute atomic E-state index is 0.175. The van der Waals surface area contributed by atoms with Gasteiger partial charge in [0.1, 0.15) is 5.37 Å². The lowest BCUT2D eigenvalue weighted by Gasteiger charge is -2.25. The standard InChI is InChI=1S/C21H20ClF3N2O2S/c1-20(2,12-22)19(29)26-15-7-3-13(4-8-15)18-27(17(28)11-30-18)16-9-5-14(6-10-16)21(23,24)25/h3-10,18H,11-12H2,1-2H3,(H,26,29)/t18-/m1/s1. The van der Waals surface area contributed by atoms with Crippen LogP contribution < -0.4 is 10.2 Å². The molecule has 1 heterocycles. The third-order valence-corrected chi connectivity index (χ3v) is 6.62. The number of carbonyl (C=O) groups is 2. The van der Waals surface area contributed by atoms with Gasteiger partial charge in [0.2, 0.25) is 11.8 Å². The Balaban J connectivity index is 1.79. The number of amides is 2. The molecule has 0 saturated carbocycles. The van der Waals surface area contributed by atoms with Crippen LogP contribution in [0.3, 0.4) is 0 Å². The van der Waals surface area contributed by atoms with Gasteiger partial charge in [0, 0.05) is 17.3 Å². The zero-order chi connectivity index (χ0) is 22.1. The molecule has 0 radical (unpaired) electrons. The third-order valence-electron chi connectivity index (χ3n) is 4.74. The lowest BCUT2D eigenvalue weighted by molar-refractivity contribution is -0.137. The summed E-state index contributed by atoms with van der Waals surface area (Å²) in [6.07, 6.45) is -4.43. The number of hydrogen-bond acceptors (Lipinski definition) is 3. The first kappa shape index (κ1) is 22.5. The highest BCUT2D eigenvalue weighted by atomic mass is 35.5. The summed E-state index contributed by atoms with van der Waals surface area (Å²) in [5.74, 6) is 0.0292. The number of hydrogen-bond donors (Lipinski definition) is 1. The van der Waals surface area contributed by atoms with Crippen LogP contribution in [0, 0.1) is 5.41 Å². The molecule has 0 aromatic heterocycles. The van der Waals surface area contributed by atoms with Crippen LogP contribution in [0.5, 0.6) is 0 Å². The van der Waals surface area contributed by atoms with E-state index in [4.69, 9.17) is 11.6 Å². The number of anilines is 2. The zero-order valence-electron chi connectivity index (χ0n) is 16.3. The van der Waals surface area contributed by atoms with Crippen molar-refractivity contribution in [3.8, 4) is 0 Å². The Kier molecular flexibility index (Phi) is 6.38. The van der Waals surface area contributed by atoms with Gasteiger partial charge in [-0.15, -0.1) is 23.4 Å². The Labute approximate surface area is 181 Å². The number of alkyl halides is 4. The first-order chi connectivity index (χ1) is 14.0. The number of thioether (sulfide) groups is 1. The summed E-state index contributed by atoms with van der Waals surface area (Å²) in [4.78, 5) is 26.2. The number of carbonyl (C=O) groups excluding carboxylic acids is 2. The number of halogens is 4. The Morgan fingerprint density at radius 1 is 1.13 bits per heavy atom. The maximum absolute atomic E-state index is 12.8. The van der Waals surface area contributed by atoms with Crippen LogP contribution in [0.4, 0.5) is 24.5 Å². The smallest absolute Gasteiger partial charge is 0.326 e. The van der Waals surface area contributed by atoms with Crippen molar-refractivity contribution in [2.45, 2.75) is 25.4 Å². The van der Waals surface area contributed by atoms with E-state index in [1.54, 1.807) is 38.1 Å². The van der Waals surface area contributed by atoms with E-state index in [9.17, 15) is 22.8 Å². The first-order valence-electron chi connectivity index (χ1n) is 9.11. The van der Waals surface area contributed by atoms with E-state index in [0.717, 1.165) is 17.7 Å². The van der Waals surface area contributed by atoms with Crippen LogP contribution >= 0.6 is 23.4 Å². The average molecular weight is 457 g/mol. The van der Waals surface area contributed by atoms with Gasteiger partial charge in [-0.25, -0.2) is 0 Å². The van der Waals surface area contributed by atoms with Crippen molar-refractivity contribution in [2.75, 3.05) is 21.8 Å². The minimum Gasteiger partial charge on any atom is -0.326 e. The summed E-state index contributed by atoms with van der Waals surface area (Å²) >= 11 is 7.22. The highest BCUT2D eigenvalue weighted by Crippen LogP contribution is 2.42. The molecular formula is C21H20ClF3N2O2S. The fourth-order valence-electron chi connectivity index (χ4n) is 2.85. The van der Waals surface area contributed by atoms with E-state index in [-0.39, 0.29) is 28.8 Å². The van der Waals surface area contributed by atoms with Crippen molar-refractivity contribution in [3.63, 3.8) is 0 Å². The predicted molar refractivity (Wildman–Crippen MR) is 114 cm³/mol. The van der Waals surface area contributed by atoms with E-state index in [1.165, 1.54) is 28.8 Å². The molecule has 0 unspecified atom stereocenters. The molecule has 1 fully saturated rings. The molecule has 1 aliphatic rings. The fourth-order valence-corrected chi connectivity index (χ4v) is 4.15. The molecule has 1 atom stereocenters. The first-order valence-corrected chi connectivity index (χ1v) is 10.7. The van der Waals surface area contributed by atoms with Gasteiger partial charge in [-0.1, -0.05) is 12.1 Å². The minimum atomic E-state index is -4.43. The van der Waals surface area contributed by atoms with Crippen LogP contribution in [-0.2, 0) is 15.8 Å². The summed E-state index contributed by atoms with van der Waals surface area (Å²) < 4.78 is 38.5. The van der Waals surface area contributed by atoms with Crippen LogP contribution in [0.15, 0.2) is 48.5 Å². The van der Waals surface area contributed by atoms with Gasteiger partial charge in [-0.05, 0) is 55.8 Å². The Bertz CT molecular complexity index is 931. The van der Waals surface area contributed by atoms with E-state index in [2.05, 4.69) is 5.32 Å². The molecular weight excluding hydrogens is 437 g/mol. The molecule has 4 nitrogen and oxygen atoms in total. The summed E-state index contributed by atoms with van der Waals surface area (Å²) in [5, 5.41) is 2.44. The topological polar surface area (TPSA) is 49.4 Å². The SMILES string of the molecule is CC(C)(CCl)C(=O)Nc1ccc([C@H]2SCC(=O)N2c2ccc(C(F)(F)F)cc2)cc1. The molecule has 1 aliphatic heterocycles. The van der Waals surface area contributed by atoms with Gasteiger partial charge < -0.3 is 5.32 Å². The Morgan fingerprint density at radius 2 is 1.73 bits per heavy atom. The third kappa shape index (κ3) is 4.75. The second kappa shape index (κ2) is 8.51. The van der Waals surface area contributed by atoms with Gasteiger partial charge in [0.05, 0.1) is 16.7 Å². The summed E-state index contributed by atoms with van der Waals surface area (Å²) in [6.45, 7) is 3.48. The van der Waals surface area contributed by atoms with Crippen molar-refractivity contribution in [3.05, 3.63) is 59.7 Å². The quantitative estimate of drug-likeness (QED) is 0.588. The van der Waals surface area contributed by atoms with Gasteiger partial charge in [0.25, 0.3) is 0 Å². The maximum Gasteiger partial charge on any atom is 0.416 e. The second-order valence-electron chi connectivity index (χ2n) is 7.57. The lowest BCUT2D eigenvalue weighted by Crippen LogP contribution is -2.32. The number of nitrogens with one attached hydrogen (secondary N) is 1. The molecule has 0 aliphatic carbocycles. The average Bonchev–Trinajstić information content (AvgIpc) is 3.09. The van der Waals surface area contributed by atoms with Crippen molar-refractivity contribution in [1.29, 1.82) is 0 Å². The predicted octanol–water partition coefficient (Wildman–Crippen LogP) is 5.69. The summed E-state index contributed by atoms with van der Waals surface area (Å²) in [5.41, 5.74) is 0.330. The molecule has 2 amide bonds. The van der Waals surface area contributed by atoms with E-state index >= 15 is 0 Å². The molecule has 2 aromatic carbocycles. The Morgan fingerprint density at radius 3 is 2.27 bits per heavy atom. The molecule has 0 spiro atoms. The van der Waals surface area contributed by atoms with Crippen molar-refractivity contribution < 1.29 is 22.8 Å². The monoisotopic (exact) mass is 456 g/mol. The van der Waals surface area contributed by atoms with Gasteiger partial charge in [-0.3, -0.25) is 14.5 Å². The van der Waals surface area contributed by atoms with Crippen molar-refractivity contribution >= 4 is 46.6 Å². The highest BCUT2D eigenvalue weighted by Gasteiger charge is 2.35. The molecule has 9 heteroatoms. The molecule has 1 N–H and O–H groups in total. The Hall–Kier alpha value is -2.19. The molecule has 1 saturated heterocycles. The molecule has 30 heavy (non-hydrogen) atoms. The number of rotatable bonds is 5. The zero-order valence-corrected chi connectivity index (χ0v) is 17.9. The molecule has 0 bridgehead atoms.